The number of nitrogens with one attached hydrogen (secondary N) is 1. The molecule has 180 valence electrons. The van der Waals surface area contributed by atoms with Crippen molar-refractivity contribution in [3.8, 4) is 5.69 Å². The molecule has 0 aliphatic carbocycles. The van der Waals surface area contributed by atoms with Gasteiger partial charge in [0, 0.05) is 44.6 Å². The molecule has 1 saturated heterocycles. The van der Waals surface area contributed by atoms with Gasteiger partial charge in [0.15, 0.2) is 5.65 Å². The fourth-order valence-electron chi connectivity index (χ4n) is 4.72. The summed E-state index contributed by atoms with van der Waals surface area (Å²) in [7, 11) is 0. The van der Waals surface area contributed by atoms with Gasteiger partial charge in [-0.1, -0.05) is 35.9 Å². The van der Waals surface area contributed by atoms with Crippen LogP contribution in [0.2, 0.25) is 0 Å². The van der Waals surface area contributed by atoms with Crippen LogP contribution in [0.1, 0.15) is 28.1 Å². The van der Waals surface area contributed by atoms with E-state index in [-0.39, 0.29) is 6.03 Å². The predicted octanol–water partition coefficient (Wildman–Crippen LogP) is 4.37. The number of rotatable bonds is 5. The fraction of sp³-hybridized carbons (Fsp3) is 0.321. The highest BCUT2D eigenvalue weighted by atomic mass is 16.2. The van der Waals surface area contributed by atoms with E-state index in [4.69, 9.17) is 4.98 Å². The second-order valence-electron chi connectivity index (χ2n) is 9.46. The lowest BCUT2D eigenvalue weighted by atomic mass is 10.1. The lowest BCUT2D eigenvalue weighted by molar-refractivity contribution is 0.133. The molecule has 7 nitrogen and oxygen atoms in total. The van der Waals surface area contributed by atoms with Gasteiger partial charge >= 0.3 is 6.03 Å². The minimum atomic E-state index is -0.00287. The van der Waals surface area contributed by atoms with Crippen molar-refractivity contribution in [2.75, 3.05) is 26.2 Å². The van der Waals surface area contributed by atoms with E-state index >= 15 is 0 Å². The first-order chi connectivity index (χ1) is 17.0. The van der Waals surface area contributed by atoms with E-state index in [1.54, 1.807) is 0 Å². The van der Waals surface area contributed by atoms with E-state index in [1.165, 1.54) is 16.7 Å². The summed E-state index contributed by atoms with van der Waals surface area (Å²) in [5.74, 6) is 0.973. The van der Waals surface area contributed by atoms with Crippen molar-refractivity contribution in [3.05, 3.63) is 88.9 Å². The van der Waals surface area contributed by atoms with E-state index in [0.717, 1.165) is 41.3 Å². The summed E-state index contributed by atoms with van der Waals surface area (Å²) in [4.78, 5) is 26.5. The summed E-state index contributed by atoms with van der Waals surface area (Å²) in [6.07, 6.45) is 1.82. The quantitative estimate of drug-likeness (QED) is 0.472. The molecule has 5 rings (SSSR count). The predicted molar refractivity (Wildman–Crippen MR) is 139 cm³/mol. The van der Waals surface area contributed by atoms with E-state index < -0.39 is 0 Å². The van der Waals surface area contributed by atoms with Gasteiger partial charge in [-0.05, 0) is 61.7 Å². The molecule has 0 bridgehead atoms. The molecule has 1 fully saturated rings. The number of aryl methyl sites for hydroxylation is 3. The maximum atomic E-state index is 12.7. The number of carbonyl (C=O) groups is 1. The molecule has 35 heavy (non-hydrogen) atoms. The van der Waals surface area contributed by atoms with Crippen molar-refractivity contribution >= 4 is 17.2 Å². The van der Waals surface area contributed by atoms with Crippen LogP contribution in [0.4, 0.5) is 4.79 Å². The van der Waals surface area contributed by atoms with Gasteiger partial charge < -0.3 is 10.2 Å². The molecule has 0 radical (unpaired) electrons. The highest BCUT2D eigenvalue weighted by molar-refractivity contribution is 5.75. The number of pyridine rings is 1. The Kier molecular flexibility index (Phi) is 6.51. The van der Waals surface area contributed by atoms with Gasteiger partial charge in [-0.3, -0.25) is 9.47 Å². The highest BCUT2D eigenvalue weighted by Crippen LogP contribution is 2.23. The van der Waals surface area contributed by atoms with E-state index in [9.17, 15) is 4.79 Å². The molecule has 1 N–H and O–H groups in total. The Morgan fingerprint density at radius 1 is 0.914 bits per heavy atom. The largest absolute Gasteiger partial charge is 0.334 e. The van der Waals surface area contributed by atoms with Gasteiger partial charge in [0.05, 0.1) is 6.54 Å². The molecule has 0 spiro atoms. The van der Waals surface area contributed by atoms with E-state index in [0.29, 0.717) is 26.2 Å². The van der Waals surface area contributed by atoms with Gasteiger partial charge in [-0.15, -0.1) is 0 Å². The van der Waals surface area contributed by atoms with E-state index in [1.807, 2.05) is 23.2 Å². The van der Waals surface area contributed by atoms with Crippen molar-refractivity contribution in [2.45, 2.75) is 33.9 Å². The van der Waals surface area contributed by atoms with Crippen molar-refractivity contribution in [1.29, 1.82) is 0 Å². The molecule has 2 amide bonds. The second-order valence-corrected chi connectivity index (χ2v) is 9.46. The first kappa shape index (κ1) is 23.1. The Bertz CT molecular complexity index is 1320. The minimum absolute atomic E-state index is 0.00287. The second kappa shape index (κ2) is 9.88. The highest BCUT2D eigenvalue weighted by Gasteiger charge is 2.23. The molecule has 2 aromatic carbocycles. The Morgan fingerprint density at radius 3 is 2.34 bits per heavy atom. The SMILES string of the molecule is Cc1ccc(CNC(=O)N2CCN(Cc3nc4cccnc4n3-c3cc(C)cc(C)c3)CC2)cc1. The normalized spacial score (nSPS) is 14.4. The lowest BCUT2D eigenvalue weighted by Crippen LogP contribution is -2.51. The molecule has 0 saturated carbocycles. The summed E-state index contributed by atoms with van der Waals surface area (Å²) >= 11 is 0. The Labute approximate surface area is 206 Å². The standard InChI is InChI=1S/C28H32N6O/c1-20-6-8-23(9-7-20)18-30-28(35)33-13-11-32(12-14-33)19-26-31-25-5-4-10-29-27(25)34(26)24-16-21(2)15-22(3)17-24/h4-10,15-17H,11-14,18-19H2,1-3H3,(H,30,35). The maximum absolute atomic E-state index is 12.7. The van der Waals surface area contributed by atoms with E-state index in [2.05, 4.69) is 83.0 Å². The molecule has 1 aliphatic rings. The van der Waals surface area contributed by atoms with Crippen LogP contribution < -0.4 is 5.32 Å². The van der Waals surface area contributed by atoms with Crippen molar-refractivity contribution < 1.29 is 4.79 Å². The zero-order valence-electron chi connectivity index (χ0n) is 20.7. The third kappa shape index (κ3) is 5.20. The molecular weight excluding hydrogens is 436 g/mol. The van der Waals surface area contributed by atoms with Crippen molar-refractivity contribution in [3.63, 3.8) is 0 Å². The number of carbonyl (C=O) groups excluding carboxylic acids is 1. The number of hydrogen-bond acceptors (Lipinski definition) is 4. The maximum Gasteiger partial charge on any atom is 0.317 e. The molecule has 0 unspecified atom stereocenters. The molecule has 3 heterocycles. The smallest absolute Gasteiger partial charge is 0.317 e. The third-order valence-electron chi connectivity index (χ3n) is 6.54. The van der Waals surface area contributed by atoms with Crippen LogP contribution in [0, 0.1) is 20.8 Å². The number of piperazine rings is 1. The number of imidazole rings is 1. The monoisotopic (exact) mass is 468 g/mol. The number of urea groups is 1. The Morgan fingerprint density at radius 2 is 1.63 bits per heavy atom. The van der Waals surface area contributed by atoms with Gasteiger partial charge in [-0.25, -0.2) is 14.8 Å². The summed E-state index contributed by atoms with van der Waals surface area (Å²) in [6.45, 7) is 10.6. The van der Waals surface area contributed by atoms with Crippen molar-refractivity contribution in [1.82, 2.24) is 29.7 Å². The number of benzene rings is 2. The average Bonchev–Trinajstić information content (AvgIpc) is 3.21. The average molecular weight is 469 g/mol. The molecule has 2 aromatic heterocycles. The number of hydrogen-bond donors (Lipinski definition) is 1. The summed E-state index contributed by atoms with van der Waals surface area (Å²) in [5, 5.41) is 3.06. The Hall–Kier alpha value is -3.71. The van der Waals surface area contributed by atoms with Crippen LogP contribution in [0.25, 0.3) is 16.9 Å². The van der Waals surface area contributed by atoms with Crippen LogP contribution >= 0.6 is 0 Å². The Balaban J connectivity index is 1.26. The molecular formula is C28H32N6O. The van der Waals surface area contributed by atoms with Crippen LogP contribution in [0.3, 0.4) is 0 Å². The molecule has 7 heteroatoms. The number of amides is 2. The van der Waals surface area contributed by atoms with Gasteiger partial charge in [0.2, 0.25) is 0 Å². The number of fused-ring (bicyclic) bond motifs is 1. The van der Waals surface area contributed by atoms with Gasteiger partial charge in [-0.2, -0.15) is 0 Å². The lowest BCUT2D eigenvalue weighted by Gasteiger charge is -2.34. The van der Waals surface area contributed by atoms with Crippen molar-refractivity contribution in [2.24, 2.45) is 0 Å². The van der Waals surface area contributed by atoms with Crippen LogP contribution in [0.5, 0.6) is 0 Å². The van der Waals surface area contributed by atoms with Crippen LogP contribution in [-0.4, -0.2) is 56.5 Å². The van der Waals surface area contributed by atoms with Crippen LogP contribution in [0.15, 0.2) is 60.8 Å². The first-order valence-electron chi connectivity index (χ1n) is 12.2. The molecule has 0 atom stereocenters. The zero-order chi connectivity index (χ0) is 24.4. The summed E-state index contributed by atoms with van der Waals surface area (Å²) in [6, 6.07) is 18.7. The summed E-state index contributed by atoms with van der Waals surface area (Å²) in [5.41, 5.74) is 7.63. The zero-order valence-corrected chi connectivity index (χ0v) is 20.7. The van der Waals surface area contributed by atoms with Crippen LogP contribution in [-0.2, 0) is 13.1 Å². The third-order valence-corrected chi connectivity index (χ3v) is 6.54. The first-order valence-corrected chi connectivity index (χ1v) is 12.2. The molecule has 4 aromatic rings. The summed E-state index contributed by atoms with van der Waals surface area (Å²) < 4.78 is 2.18. The van der Waals surface area contributed by atoms with Gasteiger partial charge in [0.1, 0.15) is 11.3 Å². The van der Waals surface area contributed by atoms with Gasteiger partial charge in [0.25, 0.3) is 0 Å². The number of nitrogens with zero attached hydrogens (tertiary/aromatic N) is 5. The topological polar surface area (TPSA) is 66.3 Å². The number of aromatic nitrogens is 3. The molecule has 1 aliphatic heterocycles. The minimum Gasteiger partial charge on any atom is -0.334 e. The fourth-order valence-corrected chi connectivity index (χ4v) is 4.72.